The molecule has 5 nitrogen and oxygen atoms in total. The van der Waals surface area contributed by atoms with Crippen LogP contribution in [0.3, 0.4) is 0 Å². The third-order valence-electron chi connectivity index (χ3n) is 3.13. The molecule has 0 fully saturated rings. The highest BCUT2D eigenvalue weighted by Crippen LogP contribution is 2.10. The summed E-state index contributed by atoms with van der Waals surface area (Å²) >= 11 is 1.38. The maximum atomic E-state index is 12.0. The zero-order valence-corrected chi connectivity index (χ0v) is 13.6. The summed E-state index contributed by atoms with van der Waals surface area (Å²) in [6, 6.07) is 3.59. The summed E-state index contributed by atoms with van der Waals surface area (Å²) in [5, 5.41) is 7.93. The van der Waals surface area contributed by atoms with Gasteiger partial charge in [0, 0.05) is 20.1 Å². The highest BCUT2D eigenvalue weighted by Gasteiger charge is 2.15. The van der Waals surface area contributed by atoms with Crippen molar-refractivity contribution in [1.82, 2.24) is 15.5 Å². The van der Waals surface area contributed by atoms with Crippen molar-refractivity contribution in [2.45, 2.75) is 6.42 Å². The Balaban J connectivity index is 0.00000220. The second-order valence-corrected chi connectivity index (χ2v) is 5.68. The van der Waals surface area contributed by atoms with Gasteiger partial charge in [0.25, 0.3) is 5.91 Å². The molecule has 1 aliphatic rings. The number of nitrogens with zero attached hydrogens (tertiary/aromatic N) is 1. The SMILES string of the molecule is CN(CC(=O)NCC1=CCNCC1)C(=O)c1cccs1.Cl. The Hall–Kier alpha value is -1.37. The third-order valence-corrected chi connectivity index (χ3v) is 3.99. The van der Waals surface area contributed by atoms with Gasteiger partial charge in [0.05, 0.1) is 11.4 Å². The highest BCUT2D eigenvalue weighted by atomic mass is 35.5. The first-order valence-electron chi connectivity index (χ1n) is 6.61. The fourth-order valence-electron chi connectivity index (χ4n) is 1.97. The van der Waals surface area contributed by atoms with E-state index in [1.54, 1.807) is 13.1 Å². The molecular weight excluding hydrogens is 310 g/mol. The van der Waals surface area contributed by atoms with Crippen molar-refractivity contribution in [1.29, 1.82) is 0 Å². The Kier molecular flexibility index (Phi) is 7.42. The van der Waals surface area contributed by atoms with Crippen LogP contribution in [0.5, 0.6) is 0 Å². The maximum absolute atomic E-state index is 12.0. The lowest BCUT2D eigenvalue weighted by Crippen LogP contribution is -2.39. The molecule has 1 aromatic rings. The molecule has 0 radical (unpaired) electrons. The Bertz CT molecular complexity index is 502. The van der Waals surface area contributed by atoms with Gasteiger partial charge in [-0.15, -0.1) is 23.7 Å². The number of thiophene rings is 1. The third kappa shape index (κ3) is 5.49. The van der Waals surface area contributed by atoms with Crippen LogP contribution in [0, 0.1) is 0 Å². The Labute approximate surface area is 134 Å². The van der Waals surface area contributed by atoms with Gasteiger partial charge in [-0.05, 0) is 24.4 Å². The Morgan fingerprint density at radius 3 is 2.90 bits per heavy atom. The second kappa shape index (κ2) is 8.81. The zero-order chi connectivity index (χ0) is 14.4. The van der Waals surface area contributed by atoms with E-state index in [9.17, 15) is 9.59 Å². The van der Waals surface area contributed by atoms with E-state index in [2.05, 4.69) is 16.7 Å². The summed E-state index contributed by atoms with van der Waals surface area (Å²) < 4.78 is 0. The van der Waals surface area contributed by atoms with Gasteiger partial charge in [0.2, 0.25) is 5.91 Å². The molecule has 0 bridgehead atoms. The standard InChI is InChI=1S/C14H19N3O2S.ClH/c1-17(14(19)12-3-2-8-20-12)10-13(18)16-9-11-4-6-15-7-5-11;/h2-4,8,15H,5-7,9-10H2,1H3,(H,16,18);1H. The first-order valence-corrected chi connectivity index (χ1v) is 7.49. The van der Waals surface area contributed by atoms with Crippen molar-refractivity contribution in [3.63, 3.8) is 0 Å². The maximum Gasteiger partial charge on any atom is 0.264 e. The van der Waals surface area contributed by atoms with Crippen molar-refractivity contribution in [3.8, 4) is 0 Å². The molecule has 0 spiro atoms. The van der Waals surface area contributed by atoms with Crippen molar-refractivity contribution >= 4 is 35.6 Å². The van der Waals surface area contributed by atoms with Crippen LogP contribution in [0.15, 0.2) is 29.2 Å². The fourth-order valence-corrected chi connectivity index (χ4v) is 2.69. The second-order valence-electron chi connectivity index (χ2n) is 4.73. The first kappa shape index (κ1) is 17.7. The molecule has 0 saturated heterocycles. The smallest absolute Gasteiger partial charge is 0.264 e. The predicted molar refractivity (Wildman–Crippen MR) is 87.1 cm³/mol. The van der Waals surface area contributed by atoms with Gasteiger partial charge >= 0.3 is 0 Å². The quantitative estimate of drug-likeness (QED) is 0.800. The first-order chi connectivity index (χ1) is 9.66. The van der Waals surface area contributed by atoms with Crippen LogP contribution in [0.2, 0.25) is 0 Å². The summed E-state index contributed by atoms with van der Waals surface area (Å²) in [6.45, 7) is 2.48. The molecule has 0 aliphatic carbocycles. The van der Waals surface area contributed by atoms with E-state index in [-0.39, 0.29) is 30.8 Å². The van der Waals surface area contributed by atoms with E-state index < -0.39 is 0 Å². The van der Waals surface area contributed by atoms with E-state index in [0.29, 0.717) is 11.4 Å². The van der Waals surface area contributed by atoms with Crippen LogP contribution in [-0.4, -0.2) is 49.9 Å². The molecule has 2 rings (SSSR count). The molecule has 2 heterocycles. The van der Waals surface area contributed by atoms with Crippen molar-refractivity contribution in [3.05, 3.63) is 34.0 Å². The molecule has 0 unspecified atom stereocenters. The van der Waals surface area contributed by atoms with E-state index in [4.69, 9.17) is 0 Å². The number of amides is 2. The molecule has 2 amide bonds. The number of carbonyl (C=O) groups excluding carboxylic acids is 2. The van der Waals surface area contributed by atoms with Crippen LogP contribution in [0.1, 0.15) is 16.1 Å². The normalized spacial score (nSPS) is 13.9. The molecule has 21 heavy (non-hydrogen) atoms. The minimum atomic E-state index is -0.128. The number of hydrogen-bond donors (Lipinski definition) is 2. The molecular formula is C14H20ClN3O2S. The lowest BCUT2D eigenvalue weighted by atomic mass is 10.1. The number of hydrogen-bond acceptors (Lipinski definition) is 4. The average Bonchev–Trinajstić information content (AvgIpc) is 2.99. The minimum absolute atomic E-state index is 0. The molecule has 0 aromatic carbocycles. The summed E-state index contributed by atoms with van der Waals surface area (Å²) in [6.07, 6.45) is 3.06. The van der Waals surface area contributed by atoms with Gasteiger partial charge in [0.15, 0.2) is 0 Å². The topological polar surface area (TPSA) is 61.4 Å². The van der Waals surface area contributed by atoms with Gasteiger partial charge < -0.3 is 15.5 Å². The van der Waals surface area contributed by atoms with Crippen molar-refractivity contribution in [2.24, 2.45) is 0 Å². The molecule has 0 saturated carbocycles. The summed E-state index contributed by atoms with van der Waals surface area (Å²) in [4.78, 5) is 25.9. The van der Waals surface area contributed by atoms with Gasteiger partial charge in [0.1, 0.15) is 0 Å². The largest absolute Gasteiger partial charge is 0.351 e. The lowest BCUT2D eigenvalue weighted by Gasteiger charge is -2.18. The highest BCUT2D eigenvalue weighted by molar-refractivity contribution is 7.12. The minimum Gasteiger partial charge on any atom is -0.351 e. The average molecular weight is 330 g/mol. The van der Waals surface area contributed by atoms with E-state index in [1.807, 2.05) is 11.4 Å². The number of halogens is 1. The fraction of sp³-hybridized carbons (Fsp3) is 0.429. The molecule has 1 aliphatic heterocycles. The van der Waals surface area contributed by atoms with E-state index in [0.717, 1.165) is 19.5 Å². The molecule has 7 heteroatoms. The van der Waals surface area contributed by atoms with Gasteiger partial charge in [-0.25, -0.2) is 0 Å². The number of carbonyl (C=O) groups is 2. The van der Waals surface area contributed by atoms with Crippen molar-refractivity contribution < 1.29 is 9.59 Å². The van der Waals surface area contributed by atoms with Gasteiger partial charge in [-0.2, -0.15) is 0 Å². The molecule has 2 N–H and O–H groups in total. The zero-order valence-electron chi connectivity index (χ0n) is 11.9. The van der Waals surface area contributed by atoms with E-state index >= 15 is 0 Å². The van der Waals surface area contributed by atoms with E-state index in [1.165, 1.54) is 21.8 Å². The summed E-state index contributed by atoms with van der Waals surface area (Å²) in [5.41, 5.74) is 1.24. The Morgan fingerprint density at radius 1 is 1.48 bits per heavy atom. The van der Waals surface area contributed by atoms with Gasteiger partial charge in [-0.1, -0.05) is 17.7 Å². The lowest BCUT2D eigenvalue weighted by molar-refractivity contribution is -0.121. The molecule has 1 aromatic heterocycles. The Morgan fingerprint density at radius 2 is 2.29 bits per heavy atom. The van der Waals surface area contributed by atoms with Crippen LogP contribution in [0.4, 0.5) is 0 Å². The number of rotatable bonds is 5. The number of likely N-dealkylation sites (N-methyl/N-ethyl adjacent to an activating group) is 1. The summed E-state index contributed by atoms with van der Waals surface area (Å²) in [5.74, 6) is -0.243. The van der Waals surface area contributed by atoms with Crippen LogP contribution in [-0.2, 0) is 4.79 Å². The summed E-state index contributed by atoms with van der Waals surface area (Å²) in [7, 11) is 1.64. The van der Waals surface area contributed by atoms with Gasteiger partial charge in [-0.3, -0.25) is 9.59 Å². The molecule has 116 valence electrons. The predicted octanol–water partition coefficient (Wildman–Crippen LogP) is 1.28. The van der Waals surface area contributed by atoms with Crippen molar-refractivity contribution in [2.75, 3.05) is 33.2 Å². The van der Waals surface area contributed by atoms with Crippen LogP contribution in [0.25, 0.3) is 0 Å². The number of nitrogens with one attached hydrogen (secondary N) is 2. The molecule has 0 atom stereocenters. The van der Waals surface area contributed by atoms with Crippen LogP contribution >= 0.6 is 23.7 Å². The monoisotopic (exact) mass is 329 g/mol. The van der Waals surface area contributed by atoms with Crippen LogP contribution < -0.4 is 10.6 Å².